The molecule has 0 bridgehead atoms. The molecule has 0 aromatic heterocycles. The number of hydrogen-bond donors (Lipinski definition) is 0. The van der Waals surface area contributed by atoms with E-state index in [0.29, 0.717) is 18.7 Å². The monoisotopic (exact) mass is 304 g/mol. The smallest absolute Gasteiger partial charge is 0.336 e. The second-order valence-corrected chi connectivity index (χ2v) is 5.81. The molecular weight excluding hydrogens is 289 g/mol. The van der Waals surface area contributed by atoms with Crippen molar-refractivity contribution in [3.8, 4) is 0 Å². The summed E-state index contributed by atoms with van der Waals surface area (Å²) in [5.74, 6) is -0.123. The Morgan fingerprint density at radius 3 is 2.15 bits per heavy atom. The van der Waals surface area contributed by atoms with Crippen molar-refractivity contribution in [2.24, 2.45) is 0 Å². The zero-order chi connectivity index (χ0) is 14.8. The zero-order valence-corrected chi connectivity index (χ0v) is 11.8. The van der Waals surface area contributed by atoms with Gasteiger partial charge in [-0.25, -0.2) is 0 Å². The van der Waals surface area contributed by atoms with E-state index in [2.05, 4.69) is 4.90 Å². The molecule has 0 radical (unpaired) electrons. The van der Waals surface area contributed by atoms with Crippen molar-refractivity contribution in [2.45, 2.75) is 10.4 Å². The highest BCUT2D eigenvalue weighted by atomic mass is 32.2. The number of carbonyl (C=O) groups excluding carboxylic acids is 1. The molecule has 1 saturated heterocycles. The van der Waals surface area contributed by atoms with Crippen LogP contribution in [-0.2, 0) is 0 Å². The molecule has 0 unspecified atom stereocenters. The van der Waals surface area contributed by atoms with Crippen LogP contribution in [0.15, 0.2) is 29.2 Å². The molecule has 20 heavy (non-hydrogen) atoms. The van der Waals surface area contributed by atoms with Crippen molar-refractivity contribution in [3.05, 3.63) is 29.8 Å². The summed E-state index contributed by atoms with van der Waals surface area (Å²) in [7, 11) is 1.99. The van der Waals surface area contributed by atoms with Crippen LogP contribution in [0.5, 0.6) is 0 Å². The van der Waals surface area contributed by atoms with Crippen LogP contribution >= 0.6 is 11.8 Å². The SMILES string of the molecule is CN1CCN(C(=O)c2ccc(SC(F)(F)F)cc2)CC1. The van der Waals surface area contributed by atoms with Gasteiger partial charge in [0.1, 0.15) is 0 Å². The summed E-state index contributed by atoms with van der Waals surface area (Å²) in [5, 5.41) is 0. The fraction of sp³-hybridized carbons (Fsp3) is 0.462. The molecule has 7 heteroatoms. The number of rotatable bonds is 2. The average molecular weight is 304 g/mol. The predicted molar refractivity (Wildman–Crippen MR) is 71.8 cm³/mol. The quantitative estimate of drug-likeness (QED) is 0.785. The summed E-state index contributed by atoms with van der Waals surface area (Å²) < 4.78 is 36.6. The van der Waals surface area contributed by atoms with Crippen LogP contribution in [0.1, 0.15) is 10.4 Å². The maximum atomic E-state index is 12.2. The van der Waals surface area contributed by atoms with Gasteiger partial charge in [-0.1, -0.05) is 0 Å². The van der Waals surface area contributed by atoms with Crippen molar-refractivity contribution in [3.63, 3.8) is 0 Å². The molecule has 110 valence electrons. The Kier molecular flexibility index (Phi) is 4.59. The molecule has 1 amide bonds. The number of amides is 1. The van der Waals surface area contributed by atoms with Gasteiger partial charge in [-0.2, -0.15) is 13.2 Å². The number of alkyl halides is 3. The Bertz CT molecular complexity index is 467. The van der Waals surface area contributed by atoms with Crippen molar-refractivity contribution in [2.75, 3.05) is 33.2 Å². The second kappa shape index (κ2) is 6.05. The molecule has 0 N–H and O–H groups in total. The Morgan fingerprint density at radius 1 is 1.10 bits per heavy atom. The summed E-state index contributed by atoms with van der Waals surface area (Å²) >= 11 is -0.175. The number of thioether (sulfide) groups is 1. The summed E-state index contributed by atoms with van der Waals surface area (Å²) in [6.45, 7) is 2.92. The molecular formula is C13H15F3N2OS. The molecule has 1 aliphatic heterocycles. The number of likely N-dealkylation sites (N-methyl/N-ethyl adjacent to an activating group) is 1. The lowest BCUT2D eigenvalue weighted by Crippen LogP contribution is -2.47. The molecule has 2 rings (SSSR count). The summed E-state index contributed by atoms with van der Waals surface area (Å²) in [6, 6.07) is 5.58. The van der Waals surface area contributed by atoms with E-state index in [9.17, 15) is 18.0 Å². The third kappa shape index (κ3) is 4.14. The van der Waals surface area contributed by atoms with Gasteiger partial charge in [-0.05, 0) is 43.1 Å². The molecule has 1 aromatic rings. The number of nitrogens with zero attached hydrogens (tertiary/aromatic N) is 2. The lowest BCUT2D eigenvalue weighted by atomic mass is 10.2. The highest BCUT2D eigenvalue weighted by molar-refractivity contribution is 8.00. The van der Waals surface area contributed by atoms with Crippen molar-refractivity contribution in [1.82, 2.24) is 9.80 Å². The third-order valence-electron chi connectivity index (χ3n) is 3.13. The van der Waals surface area contributed by atoms with Crippen LogP contribution in [0.3, 0.4) is 0 Å². The van der Waals surface area contributed by atoms with Gasteiger partial charge in [-0.3, -0.25) is 4.79 Å². The van der Waals surface area contributed by atoms with Gasteiger partial charge in [0, 0.05) is 36.6 Å². The van der Waals surface area contributed by atoms with E-state index in [1.807, 2.05) is 7.05 Å². The highest BCUT2D eigenvalue weighted by Gasteiger charge is 2.29. The largest absolute Gasteiger partial charge is 0.446 e. The summed E-state index contributed by atoms with van der Waals surface area (Å²) in [6.07, 6.45) is 0. The fourth-order valence-electron chi connectivity index (χ4n) is 1.99. The van der Waals surface area contributed by atoms with Crippen LogP contribution in [-0.4, -0.2) is 54.4 Å². The number of hydrogen-bond acceptors (Lipinski definition) is 3. The predicted octanol–water partition coefficient (Wildman–Crippen LogP) is 2.69. The molecule has 0 aliphatic carbocycles. The van der Waals surface area contributed by atoms with Crippen LogP contribution in [0.4, 0.5) is 13.2 Å². The van der Waals surface area contributed by atoms with Gasteiger partial charge >= 0.3 is 5.51 Å². The average Bonchev–Trinajstić information content (AvgIpc) is 2.38. The molecule has 1 heterocycles. The highest BCUT2D eigenvalue weighted by Crippen LogP contribution is 2.36. The minimum absolute atomic E-state index is 0.0902. The number of benzene rings is 1. The minimum Gasteiger partial charge on any atom is -0.336 e. The van der Waals surface area contributed by atoms with Crippen LogP contribution < -0.4 is 0 Å². The van der Waals surface area contributed by atoms with Gasteiger partial charge in [0.25, 0.3) is 5.91 Å². The molecule has 3 nitrogen and oxygen atoms in total. The first-order chi connectivity index (χ1) is 9.35. The van der Waals surface area contributed by atoms with E-state index in [1.165, 1.54) is 24.3 Å². The van der Waals surface area contributed by atoms with E-state index >= 15 is 0 Å². The lowest BCUT2D eigenvalue weighted by molar-refractivity contribution is -0.0328. The maximum Gasteiger partial charge on any atom is 0.446 e. The molecule has 1 aromatic carbocycles. The molecule has 1 fully saturated rings. The van der Waals surface area contributed by atoms with E-state index in [4.69, 9.17) is 0 Å². The Hall–Kier alpha value is -1.21. The van der Waals surface area contributed by atoms with Crippen LogP contribution in [0.2, 0.25) is 0 Å². The number of piperazine rings is 1. The fourth-order valence-corrected chi connectivity index (χ4v) is 2.53. The first-order valence-electron chi connectivity index (χ1n) is 6.19. The zero-order valence-electron chi connectivity index (χ0n) is 11.0. The molecule has 0 spiro atoms. The minimum atomic E-state index is -4.30. The molecule has 0 saturated carbocycles. The van der Waals surface area contributed by atoms with E-state index in [-0.39, 0.29) is 22.6 Å². The van der Waals surface area contributed by atoms with Crippen molar-refractivity contribution >= 4 is 17.7 Å². The van der Waals surface area contributed by atoms with Crippen molar-refractivity contribution < 1.29 is 18.0 Å². The van der Waals surface area contributed by atoms with Gasteiger partial charge in [0.15, 0.2) is 0 Å². The van der Waals surface area contributed by atoms with E-state index in [1.54, 1.807) is 4.90 Å². The summed E-state index contributed by atoms with van der Waals surface area (Å²) in [4.78, 5) is 16.1. The standard InChI is InChI=1S/C13H15F3N2OS/c1-17-6-8-18(9-7-17)12(19)10-2-4-11(5-3-10)20-13(14,15)16/h2-5H,6-9H2,1H3. The normalized spacial score (nSPS) is 17.3. The van der Waals surface area contributed by atoms with Gasteiger partial charge in [0.2, 0.25) is 0 Å². The van der Waals surface area contributed by atoms with E-state index in [0.717, 1.165) is 13.1 Å². The summed E-state index contributed by atoms with van der Waals surface area (Å²) in [5.41, 5.74) is -3.87. The second-order valence-electron chi connectivity index (χ2n) is 4.67. The Labute approximate surface area is 119 Å². The molecule has 0 atom stereocenters. The van der Waals surface area contributed by atoms with E-state index < -0.39 is 5.51 Å². The Balaban J connectivity index is 2.00. The third-order valence-corrected chi connectivity index (χ3v) is 3.86. The first-order valence-corrected chi connectivity index (χ1v) is 7.00. The lowest BCUT2D eigenvalue weighted by Gasteiger charge is -2.32. The first kappa shape index (κ1) is 15.2. The van der Waals surface area contributed by atoms with Crippen LogP contribution in [0.25, 0.3) is 0 Å². The number of carbonyl (C=O) groups is 1. The number of halogens is 3. The van der Waals surface area contributed by atoms with Gasteiger partial charge < -0.3 is 9.80 Å². The maximum absolute atomic E-state index is 12.2. The van der Waals surface area contributed by atoms with Crippen molar-refractivity contribution in [1.29, 1.82) is 0 Å². The topological polar surface area (TPSA) is 23.6 Å². The Morgan fingerprint density at radius 2 is 1.65 bits per heavy atom. The van der Waals surface area contributed by atoms with Gasteiger partial charge in [0.05, 0.1) is 0 Å². The van der Waals surface area contributed by atoms with Gasteiger partial charge in [-0.15, -0.1) is 0 Å². The van der Waals surface area contributed by atoms with Crippen LogP contribution in [0, 0.1) is 0 Å². The molecule has 1 aliphatic rings.